The van der Waals surface area contributed by atoms with Crippen molar-refractivity contribution in [3.8, 4) is 6.07 Å². The molecule has 2 fully saturated rings. The molecule has 0 aliphatic carbocycles. The number of rotatable bonds is 12. The topological polar surface area (TPSA) is 104 Å². The van der Waals surface area contributed by atoms with Gasteiger partial charge in [0.15, 0.2) is 0 Å². The molecule has 10 nitrogen and oxygen atoms in total. The van der Waals surface area contributed by atoms with Crippen LogP contribution in [0.5, 0.6) is 0 Å². The smallest absolute Gasteiger partial charge is 0.239 e. The molecule has 0 radical (unpaired) electrons. The molecular weight excluding hydrogens is 614 g/mol. The standard InChI is InChI=1S/C20H33N3O2.C19H28N4O/c1-16(2)14-21-19(24)20(3,4)23-12-10-22(11-13-23)18-9-7-6-8-17(18)15-25-5;1-15(2)14-21-18(24)19(3,4)23-11-9-22(10-12-23)17-8-6-5-7-16(17)13-20/h6-9,16H,10-15H2,1-5H3,(H,21,24);5-8,15H,9-12,14H2,1-4H3,(H,21,24). The van der Waals surface area contributed by atoms with Crippen molar-refractivity contribution >= 4 is 23.2 Å². The predicted molar refractivity (Wildman–Crippen MR) is 200 cm³/mol. The highest BCUT2D eigenvalue weighted by Crippen LogP contribution is 2.26. The molecule has 2 amide bonds. The van der Waals surface area contributed by atoms with Crippen molar-refractivity contribution < 1.29 is 14.3 Å². The van der Waals surface area contributed by atoms with E-state index in [1.165, 1.54) is 11.3 Å². The summed E-state index contributed by atoms with van der Waals surface area (Å²) in [6, 6.07) is 18.4. The monoisotopic (exact) mass is 675 g/mol. The maximum Gasteiger partial charge on any atom is 0.239 e. The molecule has 2 heterocycles. The number of carbonyl (C=O) groups excluding carboxylic acids is 2. The van der Waals surface area contributed by atoms with Crippen LogP contribution in [0.2, 0.25) is 0 Å². The van der Waals surface area contributed by atoms with Gasteiger partial charge >= 0.3 is 0 Å². The van der Waals surface area contributed by atoms with E-state index in [1.54, 1.807) is 7.11 Å². The zero-order valence-corrected chi connectivity index (χ0v) is 31.5. The SMILES string of the molecule is CC(C)CNC(=O)C(C)(C)N1CCN(c2ccccc2C#N)CC1.COCc1ccccc1N1CCN(C(C)(C)C(=O)NCC(C)C)CC1. The lowest BCUT2D eigenvalue weighted by Crippen LogP contribution is -2.61. The van der Waals surface area contributed by atoms with E-state index in [0.29, 0.717) is 30.6 Å². The molecular formula is C39H61N7O3. The zero-order chi connectivity index (χ0) is 36.2. The van der Waals surface area contributed by atoms with E-state index < -0.39 is 11.1 Å². The van der Waals surface area contributed by atoms with Crippen molar-refractivity contribution in [3.63, 3.8) is 0 Å². The molecule has 270 valence electrons. The van der Waals surface area contributed by atoms with Crippen LogP contribution in [-0.4, -0.2) is 105 Å². The molecule has 2 aromatic rings. The van der Waals surface area contributed by atoms with Crippen LogP contribution in [0.1, 0.15) is 66.5 Å². The molecule has 0 spiro atoms. The number of nitriles is 1. The maximum atomic E-state index is 12.6. The number of hydrogen-bond donors (Lipinski definition) is 2. The molecule has 0 atom stereocenters. The van der Waals surface area contributed by atoms with Crippen LogP contribution in [0.4, 0.5) is 11.4 Å². The summed E-state index contributed by atoms with van der Waals surface area (Å²) in [5, 5.41) is 15.4. The number of benzene rings is 2. The molecule has 2 N–H and O–H groups in total. The normalized spacial score (nSPS) is 16.2. The third-order valence-corrected chi connectivity index (χ3v) is 9.59. The number of anilines is 2. The summed E-state index contributed by atoms with van der Waals surface area (Å²) in [6.45, 7) is 25.4. The second-order valence-corrected chi connectivity index (χ2v) is 15.0. The van der Waals surface area contributed by atoms with Gasteiger partial charge in [0.2, 0.25) is 11.8 Å². The molecule has 0 unspecified atom stereocenters. The largest absolute Gasteiger partial charge is 0.380 e. The van der Waals surface area contributed by atoms with Crippen LogP contribution in [0.25, 0.3) is 0 Å². The summed E-state index contributed by atoms with van der Waals surface area (Å²) in [5.41, 5.74) is 3.16. The van der Waals surface area contributed by atoms with Gasteiger partial charge in [-0.05, 0) is 57.7 Å². The van der Waals surface area contributed by atoms with Crippen molar-refractivity contribution in [2.75, 3.05) is 82.4 Å². The second kappa shape index (κ2) is 18.4. The highest BCUT2D eigenvalue weighted by Gasteiger charge is 2.37. The Morgan fingerprint density at radius 3 is 1.55 bits per heavy atom. The molecule has 2 aliphatic heterocycles. The number of piperazine rings is 2. The van der Waals surface area contributed by atoms with Crippen LogP contribution in [0.3, 0.4) is 0 Å². The van der Waals surface area contributed by atoms with Crippen molar-refractivity contribution in [2.45, 2.75) is 73.1 Å². The molecule has 2 aliphatic rings. The molecule has 2 saturated heterocycles. The van der Waals surface area contributed by atoms with Gasteiger partial charge in [0.05, 0.1) is 28.9 Å². The molecule has 49 heavy (non-hydrogen) atoms. The van der Waals surface area contributed by atoms with Crippen LogP contribution in [0, 0.1) is 23.2 Å². The summed E-state index contributed by atoms with van der Waals surface area (Å²) in [5.74, 6) is 1.12. The molecule has 10 heteroatoms. The van der Waals surface area contributed by atoms with E-state index in [9.17, 15) is 14.9 Å². The van der Waals surface area contributed by atoms with E-state index in [-0.39, 0.29) is 11.8 Å². The number of ether oxygens (including phenoxy) is 1. The average molecular weight is 676 g/mol. The summed E-state index contributed by atoms with van der Waals surface area (Å²) < 4.78 is 5.32. The number of methoxy groups -OCH3 is 1. The van der Waals surface area contributed by atoms with Crippen LogP contribution >= 0.6 is 0 Å². The Bertz CT molecular complexity index is 1380. The predicted octanol–water partition coefficient (Wildman–Crippen LogP) is 4.74. The van der Waals surface area contributed by atoms with Crippen molar-refractivity contribution in [1.29, 1.82) is 5.26 Å². The van der Waals surface area contributed by atoms with E-state index in [2.05, 4.69) is 88.3 Å². The minimum atomic E-state index is -0.518. The molecule has 0 aromatic heterocycles. The fraction of sp³-hybridized carbons (Fsp3) is 0.615. The van der Waals surface area contributed by atoms with Crippen molar-refractivity contribution in [1.82, 2.24) is 20.4 Å². The Kier molecular flexibility index (Phi) is 14.9. The van der Waals surface area contributed by atoms with Crippen LogP contribution in [-0.2, 0) is 20.9 Å². The first kappa shape index (κ1) is 39.8. The summed E-state index contributed by atoms with van der Waals surface area (Å²) in [4.78, 5) is 34.2. The first-order chi connectivity index (χ1) is 23.2. The lowest BCUT2D eigenvalue weighted by molar-refractivity contribution is -0.132. The average Bonchev–Trinajstić information content (AvgIpc) is 3.10. The number of para-hydroxylation sites is 2. The van der Waals surface area contributed by atoms with Gasteiger partial charge < -0.3 is 25.2 Å². The number of carbonyl (C=O) groups is 2. The Balaban J connectivity index is 0.000000266. The highest BCUT2D eigenvalue weighted by atomic mass is 16.5. The summed E-state index contributed by atoms with van der Waals surface area (Å²) in [7, 11) is 1.73. The van der Waals surface area contributed by atoms with Crippen LogP contribution < -0.4 is 20.4 Å². The lowest BCUT2D eigenvalue weighted by atomic mass is 9.99. The maximum absolute atomic E-state index is 12.6. The fourth-order valence-corrected chi connectivity index (χ4v) is 6.27. The van der Waals surface area contributed by atoms with E-state index >= 15 is 0 Å². The van der Waals surface area contributed by atoms with Crippen molar-refractivity contribution in [2.24, 2.45) is 11.8 Å². The molecule has 0 bridgehead atoms. The van der Waals surface area contributed by atoms with Gasteiger partial charge in [0.1, 0.15) is 6.07 Å². The fourth-order valence-electron chi connectivity index (χ4n) is 6.27. The Morgan fingerprint density at radius 1 is 0.714 bits per heavy atom. The molecule has 4 rings (SSSR count). The van der Waals surface area contributed by atoms with Gasteiger partial charge in [-0.1, -0.05) is 58.0 Å². The summed E-state index contributed by atoms with van der Waals surface area (Å²) >= 11 is 0. The first-order valence-corrected chi connectivity index (χ1v) is 17.8. The van der Waals surface area contributed by atoms with E-state index in [0.717, 1.165) is 64.6 Å². The van der Waals surface area contributed by atoms with E-state index in [1.807, 2.05) is 52.0 Å². The van der Waals surface area contributed by atoms with Gasteiger partial charge in [-0.2, -0.15) is 5.26 Å². The van der Waals surface area contributed by atoms with Gasteiger partial charge in [-0.25, -0.2) is 0 Å². The lowest BCUT2D eigenvalue weighted by Gasteiger charge is -2.44. The first-order valence-electron chi connectivity index (χ1n) is 17.8. The van der Waals surface area contributed by atoms with Crippen molar-refractivity contribution in [3.05, 3.63) is 59.7 Å². The van der Waals surface area contributed by atoms with E-state index in [4.69, 9.17) is 4.74 Å². The van der Waals surface area contributed by atoms with Crippen LogP contribution in [0.15, 0.2) is 48.5 Å². The third-order valence-electron chi connectivity index (χ3n) is 9.59. The Morgan fingerprint density at radius 2 is 1.12 bits per heavy atom. The molecule has 2 aromatic carbocycles. The summed E-state index contributed by atoms with van der Waals surface area (Å²) in [6.07, 6.45) is 0. The van der Waals surface area contributed by atoms with Gasteiger partial charge in [-0.3, -0.25) is 19.4 Å². The second-order valence-electron chi connectivity index (χ2n) is 15.0. The number of nitrogens with one attached hydrogen (secondary N) is 2. The minimum absolute atomic E-state index is 0.0853. The number of nitrogens with zero attached hydrogens (tertiary/aromatic N) is 5. The third kappa shape index (κ3) is 10.9. The Labute approximate surface area is 295 Å². The quantitative estimate of drug-likeness (QED) is 0.333. The molecule has 0 saturated carbocycles. The highest BCUT2D eigenvalue weighted by molar-refractivity contribution is 5.86. The van der Waals surface area contributed by atoms with Gasteiger partial charge in [0.25, 0.3) is 0 Å². The minimum Gasteiger partial charge on any atom is -0.380 e. The van der Waals surface area contributed by atoms with Gasteiger partial charge in [0, 0.05) is 83.8 Å². The van der Waals surface area contributed by atoms with Gasteiger partial charge in [-0.15, -0.1) is 0 Å². The zero-order valence-electron chi connectivity index (χ0n) is 31.5. The number of hydrogen-bond acceptors (Lipinski definition) is 8. The Hall–Kier alpha value is -3.65. The number of amides is 2.